The number of imidazole rings is 1. The van der Waals surface area contributed by atoms with E-state index in [1.165, 1.54) is 0 Å². The van der Waals surface area contributed by atoms with Gasteiger partial charge in [-0.25, -0.2) is 13.2 Å². The van der Waals surface area contributed by atoms with Gasteiger partial charge in [0.2, 0.25) is 10.0 Å². The molecule has 0 amide bonds. The minimum Gasteiger partial charge on any atom is -0.295 e. The van der Waals surface area contributed by atoms with Crippen molar-refractivity contribution in [3.05, 3.63) is 64.1 Å². The van der Waals surface area contributed by atoms with Crippen molar-refractivity contribution in [2.45, 2.75) is 25.4 Å². The highest BCUT2D eigenvalue weighted by molar-refractivity contribution is 7.89. The lowest BCUT2D eigenvalue weighted by molar-refractivity contribution is 0.152. The van der Waals surface area contributed by atoms with Crippen LogP contribution in [-0.4, -0.2) is 52.9 Å². The molecule has 2 aromatic carbocycles. The van der Waals surface area contributed by atoms with Gasteiger partial charge in [-0.05, 0) is 37.6 Å². The van der Waals surface area contributed by atoms with Gasteiger partial charge in [-0.15, -0.1) is 0 Å². The van der Waals surface area contributed by atoms with E-state index < -0.39 is 10.0 Å². The molecule has 0 N–H and O–H groups in total. The molecule has 3 aromatic rings. The van der Waals surface area contributed by atoms with E-state index in [1.807, 2.05) is 50.2 Å². The number of hydrogen-bond acceptors (Lipinski definition) is 4. The van der Waals surface area contributed by atoms with E-state index in [0.717, 1.165) is 22.2 Å². The lowest BCUT2D eigenvalue weighted by Gasteiger charge is -2.34. The molecule has 1 fully saturated rings. The van der Waals surface area contributed by atoms with Crippen LogP contribution in [-0.2, 0) is 23.7 Å². The molecule has 0 aliphatic carbocycles. The number of rotatable bonds is 4. The summed E-state index contributed by atoms with van der Waals surface area (Å²) in [6.07, 6.45) is 0. The summed E-state index contributed by atoms with van der Waals surface area (Å²) in [6.45, 7) is 6.24. The first-order valence-corrected chi connectivity index (χ1v) is 11.2. The van der Waals surface area contributed by atoms with Gasteiger partial charge in [0.05, 0.1) is 22.6 Å². The average molecular weight is 415 g/mol. The fraction of sp³-hybridized carbons (Fsp3) is 0.381. The standard InChI is InChI=1S/C21H26N4O3S/c1-16-8-9-20(17(2)14-16)29(27,28)24-12-10-23(11-13-24)15-25-19-7-5-4-6-18(19)22(3)21(25)26/h4-9,14H,10-13,15H2,1-3H3. The summed E-state index contributed by atoms with van der Waals surface area (Å²) in [6, 6.07) is 13.1. The van der Waals surface area contributed by atoms with Gasteiger partial charge in [0.25, 0.3) is 0 Å². The minimum absolute atomic E-state index is 0.0588. The molecule has 1 saturated heterocycles. The van der Waals surface area contributed by atoms with Crippen molar-refractivity contribution in [3.8, 4) is 0 Å². The number of nitrogens with zero attached hydrogens (tertiary/aromatic N) is 4. The first-order chi connectivity index (χ1) is 13.8. The van der Waals surface area contributed by atoms with Crippen molar-refractivity contribution >= 4 is 21.1 Å². The second-order valence-corrected chi connectivity index (χ2v) is 9.60. The number of benzene rings is 2. The summed E-state index contributed by atoms with van der Waals surface area (Å²) in [5, 5.41) is 0. The maximum Gasteiger partial charge on any atom is 0.329 e. The third kappa shape index (κ3) is 3.52. The highest BCUT2D eigenvalue weighted by atomic mass is 32.2. The van der Waals surface area contributed by atoms with Crippen LogP contribution in [0.15, 0.2) is 52.2 Å². The Labute approximate surface area is 170 Å². The Morgan fingerprint density at radius 1 is 0.931 bits per heavy atom. The lowest BCUT2D eigenvalue weighted by atomic mass is 10.2. The highest BCUT2D eigenvalue weighted by Crippen LogP contribution is 2.22. The maximum atomic E-state index is 13.1. The SMILES string of the molecule is Cc1ccc(S(=O)(=O)N2CCN(Cn3c(=O)n(C)c4ccccc43)CC2)c(C)c1. The molecular weight excluding hydrogens is 388 g/mol. The van der Waals surface area contributed by atoms with E-state index in [2.05, 4.69) is 4.90 Å². The normalized spacial score (nSPS) is 16.5. The van der Waals surface area contributed by atoms with Crippen LogP contribution in [0.5, 0.6) is 0 Å². The van der Waals surface area contributed by atoms with Gasteiger partial charge in [-0.3, -0.25) is 14.0 Å². The molecule has 1 aliphatic heterocycles. The van der Waals surface area contributed by atoms with Crippen LogP contribution in [0.25, 0.3) is 11.0 Å². The number of piperazine rings is 1. The predicted molar refractivity (Wildman–Crippen MR) is 113 cm³/mol. The van der Waals surface area contributed by atoms with Crippen molar-refractivity contribution in [1.82, 2.24) is 18.3 Å². The zero-order chi connectivity index (χ0) is 20.8. The number of para-hydroxylation sites is 2. The zero-order valence-electron chi connectivity index (χ0n) is 17.0. The minimum atomic E-state index is -3.51. The van der Waals surface area contributed by atoms with Gasteiger partial charge in [-0.2, -0.15) is 4.31 Å². The van der Waals surface area contributed by atoms with Crippen molar-refractivity contribution in [3.63, 3.8) is 0 Å². The fourth-order valence-electron chi connectivity index (χ4n) is 4.04. The van der Waals surface area contributed by atoms with E-state index >= 15 is 0 Å². The number of hydrogen-bond donors (Lipinski definition) is 0. The van der Waals surface area contributed by atoms with Crippen molar-refractivity contribution in [2.24, 2.45) is 7.05 Å². The van der Waals surface area contributed by atoms with E-state index in [0.29, 0.717) is 37.7 Å². The van der Waals surface area contributed by atoms with Crippen molar-refractivity contribution in [1.29, 1.82) is 0 Å². The van der Waals surface area contributed by atoms with Crippen LogP contribution in [0, 0.1) is 13.8 Å². The summed E-state index contributed by atoms with van der Waals surface area (Å²) in [7, 11) is -1.74. The zero-order valence-corrected chi connectivity index (χ0v) is 17.8. The molecular formula is C21H26N4O3S. The van der Waals surface area contributed by atoms with E-state index in [-0.39, 0.29) is 5.69 Å². The molecule has 0 spiro atoms. The quantitative estimate of drug-likeness (QED) is 0.654. The molecule has 1 aliphatic rings. The largest absolute Gasteiger partial charge is 0.329 e. The summed E-state index contributed by atoms with van der Waals surface area (Å²) in [4.78, 5) is 15.1. The summed E-state index contributed by atoms with van der Waals surface area (Å²) >= 11 is 0. The first kappa shape index (κ1) is 19.9. The topological polar surface area (TPSA) is 67.6 Å². The average Bonchev–Trinajstić information content (AvgIpc) is 2.93. The second-order valence-electron chi connectivity index (χ2n) is 7.69. The number of aromatic nitrogens is 2. The lowest BCUT2D eigenvalue weighted by Crippen LogP contribution is -2.49. The second kappa shape index (κ2) is 7.44. The van der Waals surface area contributed by atoms with E-state index in [9.17, 15) is 13.2 Å². The molecule has 7 nitrogen and oxygen atoms in total. The molecule has 154 valence electrons. The molecule has 0 saturated carbocycles. The number of fused-ring (bicyclic) bond motifs is 1. The van der Waals surface area contributed by atoms with E-state index in [4.69, 9.17) is 0 Å². The Morgan fingerprint density at radius 3 is 2.24 bits per heavy atom. The van der Waals surface area contributed by atoms with Gasteiger partial charge in [0, 0.05) is 33.2 Å². The van der Waals surface area contributed by atoms with Crippen LogP contribution < -0.4 is 5.69 Å². The van der Waals surface area contributed by atoms with Crippen LogP contribution in [0.3, 0.4) is 0 Å². The first-order valence-electron chi connectivity index (χ1n) is 9.73. The third-order valence-corrected chi connectivity index (χ3v) is 7.73. The Kier molecular flexibility index (Phi) is 5.10. The number of sulfonamides is 1. The van der Waals surface area contributed by atoms with Crippen molar-refractivity contribution in [2.75, 3.05) is 26.2 Å². The summed E-state index contributed by atoms with van der Waals surface area (Å²) in [5.74, 6) is 0. The van der Waals surface area contributed by atoms with Gasteiger partial charge >= 0.3 is 5.69 Å². The molecule has 1 aromatic heterocycles. The summed E-state index contributed by atoms with van der Waals surface area (Å²) in [5.41, 5.74) is 3.55. The Morgan fingerprint density at radius 2 is 1.59 bits per heavy atom. The third-order valence-electron chi connectivity index (χ3n) is 5.67. The molecule has 2 heterocycles. The van der Waals surface area contributed by atoms with Crippen LogP contribution >= 0.6 is 0 Å². The monoisotopic (exact) mass is 414 g/mol. The Balaban J connectivity index is 1.51. The van der Waals surface area contributed by atoms with Gasteiger partial charge in [0.15, 0.2) is 0 Å². The number of aryl methyl sites for hydroxylation is 3. The van der Waals surface area contributed by atoms with Crippen LogP contribution in [0.2, 0.25) is 0 Å². The fourth-order valence-corrected chi connectivity index (χ4v) is 5.67. The van der Waals surface area contributed by atoms with Gasteiger partial charge < -0.3 is 0 Å². The molecule has 4 rings (SSSR count). The van der Waals surface area contributed by atoms with Crippen molar-refractivity contribution < 1.29 is 8.42 Å². The molecule has 0 unspecified atom stereocenters. The van der Waals surface area contributed by atoms with Crippen LogP contribution in [0.4, 0.5) is 0 Å². The molecule has 0 bridgehead atoms. The van der Waals surface area contributed by atoms with E-state index in [1.54, 1.807) is 26.6 Å². The summed E-state index contributed by atoms with van der Waals surface area (Å²) < 4.78 is 31.1. The predicted octanol–water partition coefficient (Wildman–Crippen LogP) is 1.92. The molecule has 8 heteroatoms. The Bertz CT molecular complexity index is 1220. The molecule has 29 heavy (non-hydrogen) atoms. The smallest absolute Gasteiger partial charge is 0.295 e. The van der Waals surface area contributed by atoms with Gasteiger partial charge in [-0.1, -0.05) is 29.8 Å². The highest BCUT2D eigenvalue weighted by Gasteiger charge is 2.30. The molecule has 0 radical (unpaired) electrons. The van der Waals surface area contributed by atoms with Crippen LogP contribution in [0.1, 0.15) is 11.1 Å². The maximum absolute atomic E-state index is 13.1. The molecule has 0 atom stereocenters. The Hall–Kier alpha value is -2.42. The van der Waals surface area contributed by atoms with Gasteiger partial charge in [0.1, 0.15) is 0 Å².